The molecule has 1 aliphatic rings. The number of ether oxygens (including phenoxy) is 1. The van der Waals surface area contributed by atoms with Crippen LogP contribution in [-0.4, -0.2) is 40.3 Å². The van der Waals surface area contributed by atoms with Gasteiger partial charge < -0.3 is 14.2 Å². The zero-order valence-corrected chi connectivity index (χ0v) is 15.6. The van der Waals surface area contributed by atoms with Gasteiger partial charge in [0.15, 0.2) is 0 Å². The number of anilines is 1. The highest BCUT2D eigenvalue weighted by atomic mass is 16.5. The first-order valence-electron chi connectivity index (χ1n) is 9.54. The molecule has 5 nitrogen and oxygen atoms in total. The molecule has 3 heterocycles. The first-order chi connectivity index (χ1) is 12.8. The van der Waals surface area contributed by atoms with E-state index < -0.39 is 0 Å². The van der Waals surface area contributed by atoms with Crippen LogP contribution >= 0.6 is 0 Å². The summed E-state index contributed by atoms with van der Waals surface area (Å²) in [6, 6.07) is 13.1. The van der Waals surface area contributed by atoms with E-state index in [1.807, 2.05) is 19.2 Å². The summed E-state index contributed by atoms with van der Waals surface area (Å²) in [5, 5.41) is 0. The molecule has 2 aromatic heterocycles. The Kier molecular flexibility index (Phi) is 4.89. The number of benzene rings is 1. The number of nitrogens with zero attached hydrogens (tertiary/aromatic N) is 4. The van der Waals surface area contributed by atoms with Crippen molar-refractivity contribution >= 4 is 16.9 Å². The van der Waals surface area contributed by atoms with Crippen molar-refractivity contribution < 1.29 is 4.74 Å². The van der Waals surface area contributed by atoms with Gasteiger partial charge in [-0.2, -0.15) is 0 Å². The summed E-state index contributed by atoms with van der Waals surface area (Å²) in [6.45, 7) is 7.59. The Hall–Kier alpha value is -2.40. The molecule has 26 heavy (non-hydrogen) atoms. The topological polar surface area (TPSA) is 43.2 Å². The van der Waals surface area contributed by atoms with Crippen molar-refractivity contribution in [1.29, 1.82) is 0 Å². The molecular weight excluding hydrogens is 324 g/mol. The van der Waals surface area contributed by atoms with Crippen molar-refractivity contribution in [3.8, 4) is 11.4 Å². The second kappa shape index (κ2) is 7.46. The van der Waals surface area contributed by atoms with Crippen LogP contribution in [0.25, 0.3) is 22.4 Å². The van der Waals surface area contributed by atoms with Crippen LogP contribution in [0.3, 0.4) is 0 Å². The lowest BCUT2D eigenvalue weighted by atomic mass is 10.2. The van der Waals surface area contributed by atoms with Crippen LogP contribution < -0.4 is 4.90 Å². The van der Waals surface area contributed by atoms with Gasteiger partial charge in [0, 0.05) is 37.5 Å². The standard InChI is InChI=1S/C21H26N4O/c1-3-26-14-13-25-19-9-5-4-8-18(19)23-21(25)17-10-11-20(22-15-17)24-12-6-7-16(24)2/h4-5,8-11,15-16H,3,6-7,12-14H2,1-2H3. The quantitative estimate of drug-likeness (QED) is 0.627. The van der Waals surface area contributed by atoms with Crippen LogP contribution in [0.15, 0.2) is 42.6 Å². The maximum atomic E-state index is 5.57. The van der Waals surface area contributed by atoms with Crippen molar-refractivity contribution in [3.63, 3.8) is 0 Å². The first-order valence-corrected chi connectivity index (χ1v) is 9.54. The molecule has 5 heteroatoms. The molecule has 1 atom stereocenters. The first kappa shape index (κ1) is 17.0. The molecule has 0 N–H and O–H groups in total. The van der Waals surface area contributed by atoms with Crippen molar-refractivity contribution in [1.82, 2.24) is 14.5 Å². The molecule has 0 spiro atoms. The fourth-order valence-corrected chi connectivity index (χ4v) is 3.78. The molecule has 1 fully saturated rings. The van der Waals surface area contributed by atoms with Gasteiger partial charge in [0.1, 0.15) is 11.6 Å². The molecular formula is C21H26N4O. The summed E-state index contributed by atoms with van der Waals surface area (Å²) in [6.07, 6.45) is 4.45. The highest BCUT2D eigenvalue weighted by Crippen LogP contribution is 2.28. The number of rotatable bonds is 6. The number of hydrogen-bond acceptors (Lipinski definition) is 4. The van der Waals surface area contributed by atoms with E-state index in [1.54, 1.807) is 0 Å². The summed E-state index contributed by atoms with van der Waals surface area (Å²) >= 11 is 0. The van der Waals surface area contributed by atoms with Crippen molar-refractivity contribution in [3.05, 3.63) is 42.6 Å². The Morgan fingerprint density at radius 2 is 2.08 bits per heavy atom. The Balaban J connectivity index is 1.68. The van der Waals surface area contributed by atoms with Gasteiger partial charge in [0.25, 0.3) is 0 Å². The smallest absolute Gasteiger partial charge is 0.142 e. The van der Waals surface area contributed by atoms with E-state index in [9.17, 15) is 0 Å². The van der Waals surface area contributed by atoms with E-state index in [-0.39, 0.29) is 0 Å². The number of imidazole rings is 1. The fraction of sp³-hybridized carbons (Fsp3) is 0.429. The molecule has 1 unspecified atom stereocenters. The Bertz CT molecular complexity index is 871. The molecule has 136 valence electrons. The second-order valence-corrected chi connectivity index (χ2v) is 6.86. The van der Waals surface area contributed by atoms with Crippen LogP contribution in [-0.2, 0) is 11.3 Å². The Morgan fingerprint density at radius 3 is 2.81 bits per heavy atom. The maximum absolute atomic E-state index is 5.57. The summed E-state index contributed by atoms with van der Waals surface area (Å²) in [4.78, 5) is 12.0. The number of hydrogen-bond donors (Lipinski definition) is 0. The van der Waals surface area contributed by atoms with Gasteiger partial charge in [-0.1, -0.05) is 12.1 Å². The highest BCUT2D eigenvalue weighted by Gasteiger charge is 2.21. The van der Waals surface area contributed by atoms with E-state index in [1.165, 1.54) is 12.8 Å². The largest absolute Gasteiger partial charge is 0.380 e. The molecule has 4 rings (SSSR count). The molecule has 1 saturated heterocycles. The average molecular weight is 350 g/mol. The summed E-state index contributed by atoms with van der Waals surface area (Å²) in [5.41, 5.74) is 3.20. The minimum absolute atomic E-state index is 0.573. The molecule has 3 aromatic rings. The molecule has 1 aliphatic heterocycles. The monoisotopic (exact) mass is 350 g/mol. The SMILES string of the molecule is CCOCCn1c(-c2ccc(N3CCCC3C)nc2)nc2ccccc21. The fourth-order valence-electron chi connectivity index (χ4n) is 3.78. The number of pyridine rings is 1. The van der Waals surface area contributed by atoms with Crippen LogP contribution in [0.4, 0.5) is 5.82 Å². The summed E-state index contributed by atoms with van der Waals surface area (Å²) in [7, 11) is 0. The number of para-hydroxylation sites is 2. The van der Waals surface area contributed by atoms with Gasteiger partial charge >= 0.3 is 0 Å². The van der Waals surface area contributed by atoms with Crippen molar-refractivity contribution in [2.75, 3.05) is 24.7 Å². The molecule has 0 radical (unpaired) electrons. The molecule has 0 amide bonds. The van der Waals surface area contributed by atoms with Crippen LogP contribution in [0.5, 0.6) is 0 Å². The summed E-state index contributed by atoms with van der Waals surface area (Å²) in [5.74, 6) is 2.02. The van der Waals surface area contributed by atoms with E-state index in [0.29, 0.717) is 12.6 Å². The third-order valence-electron chi connectivity index (χ3n) is 5.17. The van der Waals surface area contributed by atoms with E-state index in [0.717, 1.165) is 47.9 Å². The zero-order chi connectivity index (χ0) is 17.9. The van der Waals surface area contributed by atoms with Crippen LogP contribution in [0.1, 0.15) is 26.7 Å². The molecule has 0 bridgehead atoms. The third kappa shape index (κ3) is 3.19. The predicted molar refractivity (Wildman–Crippen MR) is 105 cm³/mol. The van der Waals surface area contributed by atoms with Crippen molar-refractivity contribution in [2.24, 2.45) is 0 Å². The van der Waals surface area contributed by atoms with E-state index in [4.69, 9.17) is 14.7 Å². The lowest BCUT2D eigenvalue weighted by molar-refractivity contribution is 0.140. The van der Waals surface area contributed by atoms with E-state index >= 15 is 0 Å². The van der Waals surface area contributed by atoms with Gasteiger partial charge in [-0.05, 0) is 51.0 Å². The van der Waals surface area contributed by atoms with Crippen LogP contribution in [0.2, 0.25) is 0 Å². The molecule has 1 aromatic carbocycles. The second-order valence-electron chi connectivity index (χ2n) is 6.86. The predicted octanol–water partition coefficient (Wildman–Crippen LogP) is 4.12. The van der Waals surface area contributed by atoms with Gasteiger partial charge in [-0.3, -0.25) is 0 Å². The normalized spacial score (nSPS) is 17.3. The van der Waals surface area contributed by atoms with Crippen molar-refractivity contribution in [2.45, 2.75) is 39.3 Å². The van der Waals surface area contributed by atoms with E-state index in [2.05, 4.69) is 46.7 Å². The maximum Gasteiger partial charge on any atom is 0.142 e. The minimum atomic E-state index is 0.573. The Labute approximate surface area is 154 Å². The van der Waals surface area contributed by atoms with Gasteiger partial charge in [0.05, 0.1) is 17.6 Å². The minimum Gasteiger partial charge on any atom is -0.380 e. The van der Waals surface area contributed by atoms with Gasteiger partial charge in [-0.25, -0.2) is 9.97 Å². The van der Waals surface area contributed by atoms with Gasteiger partial charge in [-0.15, -0.1) is 0 Å². The molecule has 0 aliphatic carbocycles. The molecule has 0 saturated carbocycles. The van der Waals surface area contributed by atoms with Gasteiger partial charge in [0.2, 0.25) is 0 Å². The average Bonchev–Trinajstić information content (AvgIpc) is 3.26. The third-order valence-corrected chi connectivity index (χ3v) is 5.17. The zero-order valence-electron chi connectivity index (χ0n) is 15.6. The highest BCUT2D eigenvalue weighted by molar-refractivity contribution is 5.80. The lowest BCUT2D eigenvalue weighted by Gasteiger charge is -2.22. The van der Waals surface area contributed by atoms with Crippen LogP contribution in [0, 0.1) is 0 Å². The lowest BCUT2D eigenvalue weighted by Crippen LogP contribution is -2.26. The number of fused-ring (bicyclic) bond motifs is 1. The summed E-state index contributed by atoms with van der Waals surface area (Å²) < 4.78 is 7.81. The number of aromatic nitrogens is 3. The Morgan fingerprint density at radius 1 is 1.19 bits per heavy atom.